The highest BCUT2D eigenvalue weighted by Gasteiger charge is 2.21. The zero-order chi connectivity index (χ0) is 26.4. The number of nitrogens with zero attached hydrogens (tertiary/aromatic N) is 6. The summed E-state index contributed by atoms with van der Waals surface area (Å²) in [4.78, 5) is 24.1. The number of H-pyrrole nitrogens is 2. The molecule has 6 rings (SSSR count). The number of hydrogen-bond acceptors (Lipinski definition) is 8. The van der Waals surface area contributed by atoms with E-state index in [1.165, 1.54) is 37.1 Å². The summed E-state index contributed by atoms with van der Waals surface area (Å²) in [6.07, 6.45) is 10.1. The molecule has 0 spiro atoms. The van der Waals surface area contributed by atoms with E-state index in [9.17, 15) is 12.8 Å². The summed E-state index contributed by atoms with van der Waals surface area (Å²) in [6.45, 7) is 0. The van der Waals surface area contributed by atoms with Crippen LogP contribution in [0, 0.1) is 11.6 Å². The van der Waals surface area contributed by atoms with Crippen molar-refractivity contribution in [2.75, 3.05) is 12.0 Å². The third-order valence-electron chi connectivity index (χ3n) is 6.03. The highest BCUT2D eigenvalue weighted by molar-refractivity contribution is 7.90. The van der Waals surface area contributed by atoms with Crippen LogP contribution >= 0.6 is 0 Å². The maximum atomic E-state index is 15.7. The second-order valence-corrected chi connectivity index (χ2v) is 11.1. The van der Waals surface area contributed by atoms with Crippen LogP contribution in [-0.2, 0) is 16.3 Å². The number of aryl methyl sites for hydroxylation is 1. The largest absolute Gasteiger partial charge is 0.335 e. The van der Waals surface area contributed by atoms with Crippen molar-refractivity contribution in [1.82, 2.24) is 40.1 Å². The lowest BCUT2D eigenvalue weighted by atomic mass is 10.0. The molecular formula is C25H18F2N8O2S. The molecule has 1 aromatic carbocycles. The predicted octanol–water partition coefficient (Wildman–Crippen LogP) is 3.89. The van der Waals surface area contributed by atoms with Crippen LogP contribution in [0.5, 0.6) is 0 Å². The number of sulfone groups is 1. The summed E-state index contributed by atoms with van der Waals surface area (Å²) in [5.74, 6) is -0.951. The van der Waals surface area contributed by atoms with Gasteiger partial charge >= 0.3 is 0 Å². The summed E-state index contributed by atoms with van der Waals surface area (Å²) < 4.78 is 53.3. The maximum absolute atomic E-state index is 15.7. The molecule has 0 aliphatic rings. The number of fused-ring (bicyclic) bond motifs is 2. The first-order chi connectivity index (χ1) is 18.3. The Morgan fingerprint density at radius 3 is 2.50 bits per heavy atom. The molecule has 0 unspecified atom stereocenters. The molecule has 2 N–H and O–H groups in total. The van der Waals surface area contributed by atoms with E-state index < -0.39 is 21.5 Å². The van der Waals surface area contributed by atoms with Gasteiger partial charge in [0.05, 0.1) is 40.1 Å². The van der Waals surface area contributed by atoms with Crippen LogP contribution in [0.1, 0.15) is 5.56 Å². The normalized spacial score (nSPS) is 12.0. The van der Waals surface area contributed by atoms with Gasteiger partial charge in [-0.25, -0.2) is 32.2 Å². The van der Waals surface area contributed by atoms with Gasteiger partial charge in [0, 0.05) is 36.0 Å². The lowest BCUT2D eigenvalue weighted by Gasteiger charge is -2.07. The van der Waals surface area contributed by atoms with E-state index in [2.05, 4.69) is 40.1 Å². The number of nitrogens with one attached hydrogen (secondary N) is 2. The Morgan fingerprint density at radius 2 is 1.71 bits per heavy atom. The number of halogens is 2. The van der Waals surface area contributed by atoms with Gasteiger partial charge in [-0.3, -0.25) is 15.1 Å². The molecule has 6 aromatic rings. The van der Waals surface area contributed by atoms with Gasteiger partial charge < -0.3 is 4.98 Å². The fourth-order valence-electron chi connectivity index (χ4n) is 4.28. The summed E-state index contributed by atoms with van der Waals surface area (Å²) >= 11 is 0. The van der Waals surface area contributed by atoms with E-state index in [-0.39, 0.29) is 34.8 Å². The first-order valence-corrected chi connectivity index (χ1v) is 13.4. The van der Waals surface area contributed by atoms with Gasteiger partial charge in [0.15, 0.2) is 11.6 Å². The Labute approximate surface area is 214 Å². The first kappa shape index (κ1) is 23.7. The van der Waals surface area contributed by atoms with Crippen LogP contribution in [0.25, 0.3) is 55.8 Å². The summed E-state index contributed by atoms with van der Waals surface area (Å²) in [7, 11) is -3.22. The molecule has 0 aliphatic heterocycles. The van der Waals surface area contributed by atoms with Crippen molar-refractivity contribution >= 4 is 31.8 Å². The Morgan fingerprint density at radius 1 is 0.895 bits per heavy atom. The summed E-state index contributed by atoms with van der Waals surface area (Å²) in [6, 6.07) is 4.35. The smallest absolute Gasteiger partial charge is 0.161 e. The van der Waals surface area contributed by atoms with E-state index in [0.717, 1.165) is 6.26 Å². The van der Waals surface area contributed by atoms with Gasteiger partial charge in [0.25, 0.3) is 0 Å². The zero-order valence-electron chi connectivity index (χ0n) is 19.8. The fraction of sp³-hybridized carbons (Fsp3) is 0.120. The molecule has 5 heterocycles. The average Bonchev–Trinajstić information content (AvgIpc) is 3.52. The quantitative estimate of drug-likeness (QED) is 0.329. The molecule has 10 nitrogen and oxygen atoms in total. The zero-order valence-corrected chi connectivity index (χ0v) is 20.6. The van der Waals surface area contributed by atoms with Crippen molar-refractivity contribution in [2.24, 2.45) is 0 Å². The van der Waals surface area contributed by atoms with Crippen LogP contribution in [-0.4, -0.2) is 60.5 Å². The molecule has 5 aromatic heterocycles. The van der Waals surface area contributed by atoms with Gasteiger partial charge in [-0.15, -0.1) is 0 Å². The molecule has 0 saturated heterocycles. The summed E-state index contributed by atoms with van der Waals surface area (Å²) in [5, 5.41) is 7.23. The lowest BCUT2D eigenvalue weighted by Crippen LogP contribution is -2.06. The number of imidazole rings is 1. The van der Waals surface area contributed by atoms with E-state index >= 15 is 4.39 Å². The molecule has 0 fully saturated rings. The Balaban J connectivity index is 1.46. The van der Waals surface area contributed by atoms with E-state index in [0.29, 0.717) is 38.8 Å². The molecule has 0 bridgehead atoms. The van der Waals surface area contributed by atoms with Crippen LogP contribution in [0.15, 0.2) is 55.5 Å². The number of aromatic nitrogens is 8. The van der Waals surface area contributed by atoms with E-state index in [4.69, 9.17) is 0 Å². The van der Waals surface area contributed by atoms with Gasteiger partial charge in [-0.1, -0.05) is 6.07 Å². The number of rotatable bonds is 6. The van der Waals surface area contributed by atoms with Crippen molar-refractivity contribution in [2.45, 2.75) is 6.42 Å². The fourth-order valence-corrected chi connectivity index (χ4v) is 4.89. The van der Waals surface area contributed by atoms with Crippen molar-refractivity contribution in [3.8, 4) is 33.9 Å². The van der Waals surface area contributed by atoms with Gasteiger partial charge in [-0.2, -0.15) is 5.10 Å². The first-order valence-electron chi connectivity index (χ1n) is 11.4. The Bertz CT molecular complexity index is 1940. The van der Waals surface area contributed by atoms with Crippen LogP contribution in [0.2, 0.25) is 0 Å². The average molecular weight is 533 g/mol. The molecule has 0 aliphatic carbocycles. The van der Waals surface area contributed by atoms with Crippen molar-refractivity contribution in [3.63, 3.8) is 0 Å². The lowest BCUT2D eigenvalue weighted by molar-refractivity contribution is 0.600. The molecule has 0 atom stereocenters. The number of pyridine rings is 2. The molecule has 13 heteroatoms. The predicted molar refractivity (Wildman–Crippen MR) is 137 cm³/mol. The SMILES string of the molecule is CS(=O)(=O)CCc1cc(F)cc(-c2cncc3[nH]c(-c4n[nH]c5cnc(-c6cncnc6)c(F)c45)nc23)c1. The molecule has 0 radical (unpaired) electrons. The standard InChI is InChI=1S/C25H18F2N8O2S/c1-38(36,37)3-2-13-4-14(6-16(26)5-13)17-9-28-10-19-23(17)33-25(32-19)24-20-18(34-35-24)11-31-22(21(20)27)15-7-29-12-30-8-15/h4-12H,2-3H2,1H3,(H,32,33)(H,34,35). The van der Waals surface area contributed by atoms with Crippen LogP contribution in [0.4, 0.5) is 8.78 Å². The van der Waals surface area contributed by atoms with Gasteiger partial charge in [-0.05, 0) is 29.7 Å². The second kappa shape index (κ2) is 9.03. The highest BCUT2D eigenvalue weighted by Crippen LogP contribution is 2.34. The van der Waals surface area contributed by atoms with Crippen LogP contribution in [0.3, 0.4) is 0 Å². The number of benzene rings is 1. The van der Waals surface area contributed by atoms with Crippen molar-refractivity contribution in [3.05, 3.63) is 72.7 Å². The minimum atomic E-state index is -3.22. The Kier molecular flexibility index (Phi) is 5.64. The molecular weight excluding hydrogens is 514 g/mol. The van der Waals surface area contributed by atoms with E-state index in [1.54, 1.807) is 18.5 Å². The third-order valence-corrected chi connectivity index (χ3v) is 6.97. The Hall–Kier alpha value is -4.65. The van der Waals surface area contributed by atoms with Gasteiger partial charge in [0.2, 0.25) is 0 Å². The summed E-state index contributed by atoms with van der Waals surface area (Å²) in [5.41, 5.74) is 3.62. The third kappa shape index (κ3) is 4.36. The van der Waals surface area contributed by atoms with E-state index in [1.807, 2.05) is 0 Å². The highest BCUT2D eigenvalue weighted by atomic mass is 32.2. The van der Waals surface area contributed by atoms with Crippen LogP contribution < -0.4 is 0 Å². The monoisotopic (exact) mass is 532 g/mol. The minimum absolute atomic E-state index is 0.0700. The van der Waals surface area contributed by atoms with Crippen molar-refractivity contribution in [1.29, 1.82) is 0 Å². The molecule has 0 saturated carbocycles. The minimum Gasteiger partial charge on any atom is -0.335 e. The topological polar surface area (TPSA) is 143 Å². The molecule has 190 valence electrons. The number of aromatic amines is 2. The maximum Gasteiger partial charge on any atom is 0.161 e. The molecule has 0 amide bonds. The number of hydrogen-bond donors (Lipinski definition) is 2. The van der Waals surface area contributed by atoms with Crippen molar-refractivity contribution < 1.29 is 17.2 Å². The second-order valence-electron chi connectivity index (χ2n) is 8.81. The van der Waals surface area contributed by atoms with Gasteiger partial charge in [0.1, 0.15) is 33.4 Å². The molecule has 38 heavy (non-hydrogen) atoms.